The lowest BCUT2D eigenvalue weighted by Crippen LogP contribution is -2.45. The van der Waals surface area contributed by atoms with Crippen LogP contribution in [0.1, 0.15) is 5.56 Å². The van der Waals surface area contributed by atoms with Crippen molar-refractivity contribution >= 4 is 27.9 Å². The van der Waals surface area contributed by atoms with Gasteiger partial charge in [0, 0.05) is 25.7 Å². The van der Waals surface area contributed by atoms with Crippen LogP contribution < -0.4 is 14.8 Å². The van der Waals surface area contributed by atoms with Gasteiger partial charge in [0.2, 0.25) is 5.91 Å². The standard InChI is InChI=1S/C17H21N3O9S/c1-27-15-12-13(3-5-16(21)18-6-9-28-20(23)24)2-4-14(15)29-17(22)19-7-10-30(25,26)11-8-19/h2-5,12H,6-11H2,1H3,(H,18,21)/b5-3+. The topological polar surface area (TPSA) is 154 Å². The third-order valence-electron chi connectivity index (χ3n) is 4.01. The Kier molecular flexibility index (Phi) is 7.98. The minimum Gasteiger partial charge on any atom is -0.493 e. The summed E-state index contributed by atoms with van der Waals surface area (Å²) in [5.74, 6) is -0.298. The number of amides is 2. The molecule has 1 fully saturated rings. The van der Waals surface area contributed by atoms with Crippen molar-refractivity contribution in [2.24, 2.45) is 0 Å². The predicted octanol–water partition coefficient (Wildman–Crippen LogP) is 0.262. The molecule has 12 nitrogen and oxygen atoms in total. The minimum atomic E-state index is -3.12. The summed E-state index contributed by atoms with van der Waals surface area (Å²) in [5.41, 5.74) is 0.576. The maximum Gasteiger partial charge on any atom is 0.415 e. The molecule has 1 aromatic rings. The first-order valence-electron chi connectivity index (χ1n) is 8.78. The van der Waals surface area contributed by atoms with E-state index in [1.54, 1.807) is 12.1 Å². The van der Waals surface area contributed by atoms with Crippen LogP contribution in [0.2, 0.25) is 0 Å². The highest BCUT2D eigenvalue weighted by atomic mass is 32.2. The molecular formula is C17H21N3O9S. The van der Waals surface area contributed by atoms with Crippen LogP contribution in [0.25, 0.3) is 6.08 Å². The van der Waals surface area contributed by atoms with Crippen LogP contribution in [0.4, 0.5) is 4.79 Å². The average molecular weight is 443 g/mol. The highest BCUT2D eigenvalue weighted by Crippen LogP contribution is 2.29. The normalized spacial score (nSPS) is 15.4. The number of carbonyl (C=O) groups is 2. The van der Waals surface area contributed by atoms with Gasteiger partial charge in [-0.2, -0.15) is 0 Å². The summed E-state index contributed by atoms with van der Waals surface area (Å²) in [5, 5.41) is 11.5. The first-order chi connectivity index (χ1) is 14.2. The molecule has 1 saturated heterocycles. The van der Waals surface area contributed by atoms with E-state index in [0.29, 0.717) is 5.56 Å². The van der Waals surface area contributed by atoms with Crippen molar-refractivity contribution in [3.8, 4) is 11.5 Å². The molecule has 0 aliphatic carbocycles. The van der Waals surface area contributed by atoms with E-state index >= 15 is 0 Å². The fourth-order valence-corrected chi connectivity index (χ4v) is 3.65. The maximum atomic E-state index is 12.2. The lowest BCUT2D eigenvalue weighted by Gasteiger charge is -2.26. The van der Waals surface area contributed by atoms with Gasteiger partial charge in [-0.1, -0.05) is 6.07 Å². The van der Waals surface area contributed by atoms with Gasteiger partial charge in [0.25, 0.3) is 5.09 Å². The van der Waals surface area contributed by atoms with E-state index in [1.807, 2.05) is 0 Å². The smallest absolute Gasteiger partial charge is 0.415 e. The molecule has 1 heterocycles. The Hall–Kier alpha value is -3.35. The zero-order chi connectivity index (χ0) is 22.1. The van der Waals surface area contributed by atoms with Gasteiger partial charge in [0.05, 0.1) is 18.6 Å². The number of methoxy groups -OCH3 is 1. The molecule has 0 bridgehead atoms. The van der Waals surface area contributed by atoms with E-state index in [9.17, 15) is 28.1 Å². The summed E-state index contributed by atoms with van der Waals surface area (Å²) in [6.07, 6.45) is 2.02. The molecule has 164 valence electrons. The zero-order valence-electron chi connectivity index (χ0n) is 16.1. The second-order valence-corrected chi connectivity index (χ2v) is 8.40. The van der Waals surface area contributed by atoms with Gasteiger partial charge in [-0.15, -0.1) is 10.1 Å². The first-order valence-corrected chi connectivity index (χ1v) is 10.6. The molecule has 0 spiro atoms. The van der Waals surface area contributed by atoms with Crippen molar-refractivity contribution in [3.63, 3.8) is 0 Å². The van der Waals surface area contributed by atoms with E-state index in [2.05, 4.69) is 10.2 Å². The number of sulfone groups is 1. The summed E-state index contributed by atoms with van der Waals surface area (Å²) in [6.45, 7) is -0.165. The van der Waals surface area contributed by atoms with Gasteiger partial charge in [0.15, 0.2) is 21.3 Å². The van der Waals surface area contributed by atoms with Crippen LogP contribution in [0.5, 0.6) is 11.5 Å². The second-order valence-electron chi connectivity index (χ2n) is 6.10. The number of hydrogen-bond acceptors (Lipinski definition) is 9. The monoisotopic (exact) mass is 443 g/mol. The molecule has 1 N–H and O–H groups in total. The van der Waals surface area contributed by atoms with Crippen molar-refractivity contribution in [1.82, 2.24) is 10.2 Å². The average Bonchev–Trinajstić information content (AvgIpc) is 2.70. The SMILES string of the molecule is COc1cc(/C=C/C(=O)NCCO[N+](=O)[O-])ccc1OC(=O)N1CCS(=O)(=O)CC1. The Morgan fingerprint density at radius 2 is 1.97 bits per heavy atom. The largest absolute Gasteiger partial charge is 0.493 e. The van der Waals surface area contributed by atoms with Gasteiger partial charge in [-0.05, 0) is 23.8 Å². The molecule has 0 radical (unpaired) electrons. The third kappa shape index (κ3) is 7.24. The maximum absolute atomic E-state index is 12.2. The first kappa shape index (κ1) is 22.9. The number of nitrogens with one attached hydrogen (secondary N) is 1. The predicted molar refractivity (Wildman–Crippen MR) is 104 cm³/mol. The summed E-state index contributed by atoms with van der Waals surface area (Å²) in [4.78, 5) is 39.3. The Balaban J connectivity index is 1.93. The van der Waals surface area contributed by atoms with Gasteiger partial charge in [0.1, 0.15) is 6.61 Å². The Bertz CT molecular complexity index is 916. The molecule has 1 aliphatic heterocycles. The number of rotatable bonds is 8. The van der Waals surface area contributed by atoms with E-state index in [1.165, 1.54) is 30.2 Å². The van der Waals surface area contributed by atoms with Crippen molar-refractivity contribution in [1.29, 1.82) is 0 Å². The van der Waals surface area contributed by atoms with Crippen LogP contribution in [-0.2, 0) is 19.5 Å². The van der Waals surface area contributed by atoms with E-state index in [0.717, 1.165) is 0 Å². The zero-order valence-corrected chi connectivity index (χ0v) is 16.9. The van der Waals surface area contributed by atoms with E-state index in [4.69, 9.17) is 9.47 Å². The lowest BCUT2D eigenvalue weighted by atomic mass is 10.2. The van der Waals surface area contributed by atoms with Crippen LogP contribution in [0, 0.1) is 10.1 Å². The van der Waals surface area contributed by atoms with E-state index in [-0.39, 0.29) is 49.2 Å². The second kappa shape index (κ2) is 10.4. The lowest BCUT2D eigenvalue weighted by molar-refractivity contribution is -0.757. The Labute approximate surface area is 172 Å². The third-order valence-corrected chi connectivity index (χ3v) is 5.62. The Morgan fingerprint density at radius 3 is 2.60 bits per heavy atom. The summed E-state index contributed by atoms with van der Waals surface area (Å²) in [7, 11) is -1.73. The van der Waals surface area contributed by atoms with E-state index < -0.39 is 26.9 Å². The fourth-order valence-electron chi connectivity index (χ4n) is 2.45. The molecule has 2 amide bonds. The summed E-state index contributed by atoms with van der Waals surface area (Å²) < 4.78 is 33.4. The van der Waals surface area contributed by atoms with Crippen molar-refractivity contribution in [2.45, 2.75) is 0 Å². The molecule has 0 saturated carbocycles. The fraction of sp³-hybridized carbons (Fsp3) is 0.412. The Morgan fingerprint density at radius 1 is 1.27 bits per heavy atom. The van der Waals surface area contributed by atoms with Crippen LogP contribution >= 0.6 is 0 Å². The van der Waals surface area contributed by atoms with Crippen LogP contribution in [0.3, 0.4) is 0 Å². The molecule has 2 rings (SSSR count). The quantitative estimate of drug-likeness (QED) is 0.258. The number of benzene rings is 1. The number of hydrogen-bond donors (Lipinski definition) is 1. The molecule has 1 aromatic carbocycles. The molecule has 1 aliphatic rings. The van der Waals surface area contributed by atoms with Gasteiger partial charge in [-0.3, -0.25) is 4.79 Å². The van der Waals surface area contributed by atoms with Crippen LogP contribution in [-0.4, -0.2) is 75.3 Å². The molecule has 0 aromatic heterocycles. The minimum absolute atomic E-state index is 0.0276. The molecule has 0 unspecified atom stereocenters. The van der Waals surface area contributed by atoms with Gasteiger partial charge >= 0.3 is 6.09 Å². The molecule has 30 heavy (non-hydrogen) atoms. The number of carbonyl (C=O) groups excluding carboxylic acids is 2. The van der Waals surface area contributed by atoms with Gasteiger partial charge < -0.3 is 24.5 Å². The molecule has 13 heteroatoms. The molecule has 0 atom stereocenters. The van der Waals surface area contributed by atoms with Crippen molar-refractivity contribution in [3.05, 3.63) is 40.0 Å². The number of nitrogens with zero attached hydrogens (tertiary/aromatic N) is 2. The number of ether oxygens (including phenoxy) is 2. The highest BCUT2D eigenvalue weighted by Gasteiger charge is 2.26. The van der Waals surface area contributed by atoms with Crippen molar-refractivity contribution < 1.29 is 37.4 Å². The van der Waals surface area contributed by atoms with Gasteiger partial charge in [-0.25, -0.2) is 13.2 Å². The molecular weight excluding hydrogens is 422 g/mol. The highest BCUT2D eigenvalue weighted by molar-refractivity contribution is 7.91. The van der Waals surface area contributed by atoms with Crippen molar-refractivity contribution in [2.75, 3.05) is 44.9 Å². The summed E-state index contributed by atoms with van der Waals surface area (Å²) >= 11 is 0. The van der Waals surface area contributed by atoms with Crippen LogP contribution in [0.15, 0.2) is 24.3 Å². The summed E-state index contributed by atoms with van der Waals surface area (Å²) in [6, 6.07) is 4.62.